The van der Waals surface area contributed by atoms with Gasteiger partial charge in [-0.1, -0.05) is 18.6 Å². The Bertz CT molecular complexity index is 704. The smallest absolute Gasteiger partial charge is 0.174 e. The fourth-order valence-electron chi connectivity index (χ4n) is 8.17. The first kappa shape index (κ1) is 18.1. The van der Waals surface area contributed by atoms with E-state index in [9.17, 15) is 4.79 Å². The molecule has 5 heteroatoms. The Morgan fingerprint density at radius 2 is 1.64 bits per heavy atom. The first-order valence-corrected chi connectivity index (χ1v) is 11.3. The van der Waals surface area contributed by atoms with Gasteiger partial charge in [0.2, 0.25) is 0 Å². The van der Waals surface area contributed by atoms with Crippen molar-refractivity contribution in [2.24, 2.45) is 28.6 Å². The van der Waals surface area contributed by atoms with Crippen molar-refractivity contribution >= 4 is 6.29 Å². The summed E-state index contributed by atoms with van der Waals surface area (Å²) >= 11 is 0. The van der Waals surface area contributed by atoms with Crippen LogP contribution in [0.3, 0.4) is 0 Å². The van der Waals surface area contributed by atoms with Crippen molar-refractivity contribution in [3.05, 3.63) is 11.6 Å². The summed E-state index contributed by atoms with van der Waals surface area (Å²) in [4.78, 5) is 12.6. The summed E-state index contributed by atoms with van der Waals surface area (Å²) in [6.45, 7) is 5.20. The maximum atomic E-state index is 12.6. The van der Waals surface area contributed by atoms with Gasteiger partial charge in [-0.05, 0) is 49.9 Å². The van der Waals surface area contributed by atoms with Crippen molar-refractivity contribution in [1.82, 2.24) is 0 Å². The zero-order valence-electron chi connectivity index (χ0n) is 16.9. The molecule has 2 heterocycles. The van der Waals surface area contributed by atoms with Gasteiger partial charge in [0.1, 0.15) is 6.29 Å². The van der Waals surface area contributed by atoms with E-state index in [0.29, 0.717) is 31.0 Å². The second kappa shape index (κ2) is 5.90. The number of rotatable bonds is 1. The van der Waals surface area contributed by atoms with Gasteiger partial charge in [-0.15, -0.1) is 0 Å². The molecule has 2 aliphatic heterocycles. The molecule has 0 amide bonds. The molecule has 0 radical (unpaired) electrons. The second-order valence-corrected chi connectivity index (χ2v) is 10.2. The molecule has 154 valence electrons. The van der Waals surface area contributed by atoms with Gasteiger partial charge >= 0.3 is 0 Å². The summed E-state index contributed by atoms with van der Waals surface area (Å²) in [6, 6.07) is 0. The fraction of sp³-hybridized carbons (Fsp3) is 0.870. The molecule has 3 saturated carbocycles. The first-order valence-electron chi connectivity index (χ1n) is 11.3. The van der Waals surface area contributed by atoms with E-state index in [-0.39, 0.29) is 16.6 Å². The van der Waals surface area contributed by atoms with Crippen LogP contribution in [-0.2, 0) is 23.7 Å². The Labute approximate surface area is 167 Å². The van der Waals surface area contributed by atoms with E-state index in [1.807, 2.05) is 0 Å². The number of hydrogen-bond acceptors (Lipinski definition) is 5. The van der Waals surface area contributed by atoms with E-state index in [1.165, 1.54) is 11.9 Å². The van der Waals surface area contributed by atoms with Crippen LogP contribution in [-0.4, -0.2) is 44.3 Å². The molecule has 0 bridgehead atoms. The highest BCUT2D eigenvalue weighted by Crippen LogP contribution is 2.68. The number of allylic oxidation sites excluding steroid dienone is 1. The third-order valence-electron chi connectivity index (χ3n) is 9.53. The summed E-state index contributed by atoms with van der Waals surface area (Å²) in [6.07, 6.45) is 11.6. The van der Waals surface area contributed by atoms with E-state index in [4.69, 9.17) is 18.9 Å². The maximum absolute atomic E-state index is 12.6. The fourth-order valence-corrected chi connectivity index (χ4v) is 8.17. The lowest BCUT2D eigenvalue weighted by Gasteiger charge is -2.58. The lowest BCUT2D eigenvalue weighted by Crippen LogP contribution is -2.57. The van der Waals surface area contributed by atoms with E-state index in [1.54, 1.807) is 0 Å². The Morgan fingerprint density at radius 3 is 2.39 bits per heavy atom. The monoisotopic (exact) mass is 388 g/mol. The lowest BCUT2D eigenvalue weighted by atomic mass is 9.47. The van der Waals surface area contributed by atoms with Gasteiger partial charge in [-0.25, -0.2) is 0 Å². The molecule has 4 aliphatic carbocycles. The van der Waals surface area contributed by atoms with Crippen molar-refractivity contribution in [3.8, 4) is 0 Å². The van der Waals surface area contributed by atoms with Gasteiger partial charge in [0, 0.05) is 24.7 Å². The van der Waals surface area contributed by atoms with Gasteiger partial charge in [-0.2, -0.15) is 0 Å². The van der Waals surface area contributed by atoms with Crippen LogP contribution >= 0.6 is 0 Å². The molecule has 0 N–H and O–H groups in total. The highest BCUT2D eigenvalue weighted by Gasteiger charge is 2.67. The largest absolute Gasteiger partial charge is 0.347 e. The summed E-state index contributed by atoms with van der Waals surface area (Å²) < 4.78 is 24.5. The SMILES string of the molecule is CC12CCC3C(CC=C4CC5(CCC43C=O)OCCO5)C1CCC21OCCO1. The molecular weight excluding hydrogens is 356 g/mol. The molecule has 2 saturated heterocycles. The van der Waals surface area contributed by atoms with E-state index in [0.717, 1.165) is 64.6 Å². The standard InChI is InChI=1S/C23H32O5/c1-20-6-4-19-17(18(20)5-7-23(20)27-12-13-28-23)3-2-16-14-22(25-10-11-26-22)9-8-21(16,19)15-24/h2,15,17-19H,3-14H2,1H3. The highest BCUT2D eigenvalue weighted by atomic mass is 16.7. The van der Waals surface area contributed by atoms with Crippen molar-refractivity contribution in [2.45, 2.75) is 69.9 Å². The summed E-state index contributed by atoms with van der Waals surface area (Å²) in [5.74, 6) is 0.743. The second-order valence-electron chi connectivity index (χ2n) is 10.2. The topological polar surface area (TPSA) is 54.0 Å². The Morgan fingerprint density at radius 1 is 0.929 bits per heavy atom. The van der Waals surface area contributed by atoms with E-state index >= 15 is 0 Å². The van der Waals surface area contributed by atoms with E-state index < -0.39 is 5.79 Å². The Balaban J connectivity index is 1.34. The minimum Gasteiger partial charge on any atom is -0.347 e. The van der Waals surface area contributed by atoms with Crippen LogP contribution in [0, 0.1) is 28.6 Å². The number of aldehydes is 1. The minimum atomic E-state index is -0.461. The quantitative estimate of drug-likeness (QED) is 0.507. The predicted molar refractivity (Wildman–Crippen MR) is 101 cm³/mol. The van der Waals surface area contributed by atoms with Crippen LogP contribution < -0.4 is 0 Å². The molecule has 5 nitrogen and oxygen atoms in total. The number of carbonyl (C=O) groups excluding carboxylic acids is 1. The molecule has 2 spiro atoms. The minimum absolute atomic E-state index is 0.0770. The van der Waals surface area contributed by atoms with Gasteiger partial charge < -0.3 is 23.7 Å². The van der Waals surface area contributed by atoms with Crippen LogP contribution in [0.1, 0.15) is 58.3 Å². The third-order valence-corrected chi connectivity index (χ3v) is 9.53. The molecule has 6 rings (SSSR count). The van der Waals surface area contributed by atoms with Gasteiger partial charge in [0.25, 0.3) is 0 Å². The summed E-state index contributed by atoms with van der Waals surface area (Å²) in [5.41, 5.74) is 1.06. The zero-order valence-corrected chi connectivity index (χ0v) is 16.9. The Hall–Kier alpha value is -0.750. The predicted octanol–water partition coefficient (Wildman–Crippen LogP) is 3.61. The lowest BCUT2D eigenvalue weighted by molar-refractivity contribution is -0.243. The molecule has 0 aromatic rings. The molecular formula is C23H32O5. The number of ether oxygens (including phenoxy) is 4. The average molecular weight is 389 g/mol. The molecule has 5 unspecified atom stereocenters. The normalized spacial score (nSPS) is 48.2. The van der Waals surface area contributed by atoms with Crippen molar-refractivity contribution < 1.29 is 23.7 Å². The molecule has 5 atom stereocenters. The van der Waals surface area contributed by atoms with Gasteiger partial charge in [-0.3, -0.25) is 0 Å². The number of carbonyl (C=O) groups is 1. The van der Waals surface area contributed by atoms with Gasteiger partial charge in [0.15, 0.2) is 11.6 Å². The number of fused-ring (bicyclic) bond motifs is 6. The summed E-state index contributed by atoms with van der Waals surface area (Å²) in [7, 11) is 0. The van der Waals surface area contributed by atoms with Crippen LogP contribution in [0.5, 0.6) is 0 Å². The Kier molecular flexibility index (Phi) is 3.81. The first-order chi connectivity index (χ1) is 13.6. The van der Waals surface area contributed by atoms with Crippen molar-refractivity contribution in [2.75, 3.05) is 26.4 Å². The van der Waals surface area contributed by atoms with Crippen LogP contribution in [0.2, 0.25) is 0 Å². The summed E-state index contributed by atoms with van der Waals surface area (Å²) in [5, 5.41) is 0. The highest BCUT2D eigenvalue weighted by molar-refractivity contribution is 5.67. The van der Waals surface area contributed by atoms with Crippen molar-refractivity contribution in [1.29, 1.82) is 0 Å². The van der Waals surface area contributed by atoms with Crippen LogP contribution in [0.25, 0.3) is 0 Å². The third kappa shape index (κ3) is 2.09. The molecule has 0 aromatic heterocycles. The number of hydrogen-bond donors (Lipinski definition) is 0. The van der Waals surface area contributed by atoms with E-state index in [2.05, 4.69) is 13.0 Å². The van der Waals surface area contributed by atoms with Gasteiger partial charge in [0.05, 0.1) is 31.8 Å². The van der Waals surface area contributed by atoms with Crippen molar-refractivity contribution in [3.63, 3.8) is 0 Å². The molecule has 6 aliphatic rings. The molecule has 28 heavy (non-hydrogen) atoms. The molecule has 5 fully saturated rings. The molecule has 0 aromatic carbocycles. The van der Waals surface area contributed by atoms with Crippen LogP contribution in [0.4, 0.5) is 0 Å². The average Bonchev–Trinajstić information content (AvgIpc) is 3.43. The maximum Gasteiger partial charge on any atom is 0.174 e. The zero-order chi connectivity index (χ0) is 19.0. The van der Waals surface area contributed by atoms with Crippen LogP contribution in [0.15, 0.2) is 11.6 Å².